The van der Waals surface area contributed by atoms with Gasteiger partial charge < -0.3 is 28.1 Å². The van der Waals surface area contributed by atoms with Gasteiger partial charge in [-0.3, -0.25) is 0 Å². The van der Waals surface area contributed by atoms with Gasteiger partial charge in [-0.05, 0) is 171 Å². The maximum Gasteiger partial charge on any atom is 0.237 e. The number of phenolic OH excluding ortho intramolecular Hbond substituents is 2. The number of aryl methyl sites for hydroxylation is 4. The highest BCUT2D eigenvalue weighted by atomic mass is 28.3. The Morgan fingerprint density at radius 1 is 0.427 bits per heavy atom. The van der Waals surface area contributed by atoms with Gasteiger partial charge in [-0.2, -0.15) is 0 Å². The number of benzene rings is 8. The summed E-state index contributed by atoms with van der Waals surface area (Å²) in [5.41, 5.74) is 12.4. The summed E-state index contributed by atoms with van der Waals surface area (Å²) in [7, 11) is 5.50. The smallest absolute Gasteiger partial charge is 0.237 e. The quantitative estimate of drug-likeness (QED) is 0.0290. The standard InChI is InChI=1S/C86H110F2N2O4Si2/c1-23-25-39-95(19,20)63-31-35-67-65-33-29-55(3)41-73(65)89(75(67)51-63)77-47-59(85(13,14)53-83(7,8)9)45-69(79(77)91)71-49-61(87)43-57(5)81(71)93(17)37-27-28-38-94(18)82-58(6)44-62(88)50-72(82)70-46-60(86(15,16)54-84(10,11)12)48-78(80(70)92)90-74-42-56(4)30-34-66(74)68-36-32-64(52-76(68)90)96(21,22)40-26-24-2/h29-36,41-52,91-92H,17-18,23-28,37-40,53-54H2,1-16,19-22H3. The van der Waals surface area contributed by atoms with E-state index in [-0.39, 0.29) is 33.2 Å². The van der Waals surface area contributed by atoms with Gasteiger partial charge in [0.1, 0.15) is 36.3 Å². The van der Waals surface area contributed by atoms with Crippen LogP contribution in [0.4, 0.5) is 8.78 Å². The molecule has 2 heterocycles. The Morgan fingerprint density at radius 3 is 1.09 bits per heavy atom. The maximum absolute atomic E-state index is 16.4. The molecule has 0 saturated heterocycles. The Bertz CT molecular complexity index is 4280. The molecule has 0 amide bonds. The SMILES string of the molecule is [CH2-][O+](CCCC[O+]([CH2-])c1c(C)cc(F)cc1-c1cc(C(C)(C)CC(C)(C)C)cc(-n2c3cc(C)ccc3c3ccc([Si](C)(C)CCCC)cc32)c1O)c1c(C)cc(F)cc1-c1cc(C(C)(C)CC(C)(C)C)cc(-n2c3cc(C)ccc3c3ccc([Si](C)(C)CCCC)cc32)c1O. The van der Waals surface area contributed by atoms with E-state index in [1.165, 1.54) is 35.3 Å². The molecule has 0 atom stereocenters. The first-order valence-corrected chi connectivity index (χ1v) is 41.8. The van der Waals surface area contributed by atoms with Crippen LogP contribution >= 0.6 is 0 Å². The van der Waals surface area contributed by atoms with Crippen LogP contribution in [-0.2, 0) is 19.6 Å². The molecular formula is C86H110F2N2O4Si2. The lowest BCUT2D eigenvalue weighted by molar-refractivity contribution is 0.00432. The molecule has 0 radical (unpaired) electrons. The van der Waals surface area contributed by atoms with Gasteiger partial charge in [-0.1, -0.05) is 206 Å². The number of phenols is 2. The molecule has 2 aromatic heterocycles. The van der Waals surface area contributed by atoms with Crippen molar-refractivity contribution < 1.29 is 27.7 Å². The summed E-state index contributed by atoms with van der Waals surface area (Å²) < 4.78 is 43.5. The first-order chi connectivity index (χ1) is 44.8. The second-order valence-corrected chi connectivity index (χ2v) is 43.2. The molecule has 0 spiro atoms. The molecular weight excluding hydrogens is 1220 g/mol. The number of unbranched alkanes of at least 4 members (excludes halogenated alkanes) is 3. The Morgan fingerprint density at radius 2 is 0.760 bits per heavy atom. The highest BCUT2D eigenvalue weighted by molar-refractivity contribution is 6.90. The van der Waals surface area contributed by atoms with E-state index in [0.29, 0.717) is 82.3 Å². The molecule has 0 aliphatic heterocycles. The summed E-state index contributed by atoms with van der Waals surface area (Å²) in [5, 5.41) is 33.8. The summed E-state index contributed by atoms with van der Waals surface area (Å²) >= 11 is 0. The summed E-state index contributed by atoms with van der Waals surface area (Å²) in [6.45, 7) is 46.0. The fourth-order valence-electron chi connectivity index (χ4n) is 16.2. The van der Waals surface area contributed by atoms with E-state index >= 15 is 8.78 Å². The second-order valence-electron chi connectivity index (χ2n) is 33.5. The lowest BCUT2D eigenvalue weighted by atomic mass is 9.71. The molecule has 0 bridgehead atoms. The maximum atomic E-state index is 16.4. The number of fused-ring (bicyclic) bond motifs is 6. The van der Waals surface area contributed by atoms with Crippen molar-refractivity contribution >= 4 is 70.1 Å². The van der Waals surface area contributed by atoms with E-state index < -0.39 is 27.8 Å². The summed E-state index contributed by atoms with van der Waals surface area (Å²) in [6, 6.07) is 44.3. The van der Waals surface area contributed by atoms with Crippen LogP contribution in [0.2, 0.25) is 38.3 Å². The number of nitrogens with zero attached hydrogens (tertiary/aromatic N) is 2. The minimum absolute atomic E-state index is 0.0287. The number of hydrogen-bond acceptors (Lipinski definition) is 2. The van der Waals surface area contributed by atoms with E-state index in [1.807, 2.05) is 13.8 Å². The Kier molecular flexibility index (Phi) is 20.1. The van der Waals surface area contributed by atoms with Gasteiger partial charge in [-0.15, -0.1) is 0 Å². The Balaban J connectivity index is 1.04. The third-order valence-electron chi connectivity index (χ3n) is 20.6. The minimum atomic E-state index is -1.85. The van der Waals surface area contributed by atoms with E-state index in [4.69, 9.17) is 0 Å². The van der Waals surface area contributed by atoms with E-state index in [0.717, 1.165) is 91.5 Å². The van der Waals surface area contributed by atoms with Gasteiger partial charge in [0, 0.05) is 56.6 Å². The number of halogens is 2. The molecule has 96 heavy (non-hydrogen) atoms. The Labute approximate surface area is 576 Å². The van der Waals surface area contributed by atoms with Crippen LogP contribution in [0.25, 0.3) is 77.2 Å². The summed E-state index contributed by atoms with van der Waals surface area (Å²) in [6.07, 6.45) is 7.61. The molecule has 10 aromatic rings. The van der Waals surface area contributed by atoms with Gasteiger partial charge in [0.2, 0.25) is 11.5 Å². The first-order valence-electron chi connectivity index (χ1n) is 35.3. The van der Waals surface area contributed by atoms with Crippen LogP contribution < -0.4 is 10.4 Å². The lowest BCUT2D eigenvalue weighted by Gasteiger charge is -2.35. The van der Waals surface area contributed by atoms with Crippen molar-refractivity contribution in [1.29, 1.82) is 0 Å². The molecule has 0 aliphatic carbocycles. The minimum Gasteiger partial charge on any atom is -0.711 e. The van der Waals surface area contributed by atoms with Gasteiger partial charge in [-0.25, -0.2) is 8.78 Å². The van der Waals surface area contributed by atoms with Crippen LogP contribution in [0.5, 0.6) is 23.0 Å². The zero-order valence-corrected chi connectivity index (χ0v) is 63.8. The fourth-order valence-corrected chi connectivity index (χ4v) is 21.3. The van der Waals surface area contributed by atoms with Crippen LogP contribution in [0, 0.1) is 64.4 Å². The van der Waals surface area contributed by atoms with Gasteiger partial charge in [0.25, 0.3) is 0 Å². The van der Waals surface area contributed by atoms with E-state index in [2.05, 4.69) is 252 Å². The highest BCUT2D eigenvalue weighted by Gasteiger charge is 2.36. The molecule has 510 valence electrons. The van der Waals surface area contributed by atoms with Gasteiger partial charge >= 0.3 is 0 Å². The van der Waals surface area contributed by atoms with Crippen LogP contribution in [0.3, 0.4) is 0 Å². The number of rotatable bonds is 23. The molecule has 0 saturated carbocycles. The summed E-state index contributed by atoms with van der Waals surface area (Å²) in [4.78, 5) is 0. The largest absolute Gasteiger partial charge is 0.711 e. The molecule has 6 nitrogen and oxygen atoms in total. The molecule has 0 fully saturated rings. The fraction of sp³-hybridized carbons (Fsp3) is 0.419. The molecule has 2 N–H and O–H groups in total. The zero-order chi connectivity index (χ0) is 70.1. The van der Waals surface area contributed by atoms with Crippen LogP contribution in [0.1, 0.15) is 168 Å². The molecule has 8 aromatic carbocycles. The van der Waals surface area contributed by atoms with Crippen LogP contribution in [-0.4, -0.2) is 48.7 Å². The normalized spacial score (nSPS) is 13.0. The average molecular weight is 1330 g/mol. The predicted molar refractivity (Wildman–Crippen MR) is 413 cm³/mol. The second kappa shape index (κ2) is 26.9. The van der Waals surface area contributed by atoms with Gasteiger partial charge in [0.05, 0.1) is 60.7 Å². The van der Waals surface area contributed by atoms with Crippen molar-refractivity contribution in [3.63, 3.8) is 0 Å². The number of hydrogen-bond donors (Lipinski definition) is 2. The zero-order valence-electron chi connectivity index (χ0n) is 61.8. The van der Waals surface area contributed by atoms with Crippen molar-refractivity contribution in [3.05, 3.63) is 181 Å². The first kappa shape index (κ1) is 71.6. The predicted octanol–water partition coefficient (Wildman–Crippen LogP) is 24.6. The van der Waals surface area contributed by atoms with E-state index in [9.17, 15) is 10.2 Å². The number of aromatic hydroxyl groups is 2. The third kappa shape index (κ3) is 14.5. The van der Waals surface area contributed by atoms with Crippen molar-refractivity contribution in [2.45, 2.75) is 211 Å². The van der Waals surface area contributed by atoms with Crippen molar-refractivity contribution in [2.75, 3.05) is 13.2 Å². The molecule has 0 unspecified atom stereocenters. The number of aromatic nitrogens is 2. The molecule has 10 heteroatoms. The monoisotopic (exact) mass is 1330 g/mol. The third-order valence-corrected chi connectivity index (χ3v) is 27.5. The van der Waals surface area contributed by atoms with E-state index in [1.54, 1.807) is 24.3 Å². The van der Waals surface area contributed by atoms with Crippen molar-refractivity contribution in [1.82, 2.24) is 9.13 Å². The molecule has 10 rings (SSSR count). The summed E-state index contributed by atoms with van der Waals surface area (Å²) in [5.74, 6) is 0.627. The average Bonchev–Trinajstić information content (AvgIpc) is 1.47. The topological polar surface area (TPSA) is 55.7 Å². The molecule has 0 aliphatic rings. The van der Waals surface area contributed by atoms with Gasteiger partial charge in [0.15, 0.2) is 0 Å². The van der Waals surface area contributed by atoms with Crippen LogP contribution in [0.15, 0.2) is 121 Å². The lowest BCUT2D eigenvalue weighted by Crippen LogP contribution is -2.41. The van der Waals surface area contributed by atoms with Crippen molar-refractivity contribution in [2.24, 2.45) is 10.8 Å². The highest BCUT2D eigenvalue weighted by Crippen LogP contribution is 2.52. The Hall–Kier alpha value is -7.15. The van der Waals surface area contributed by atoms with Crippen molar-refractivity contribution in [3.8, 4) is 56.6 Å².